The van der Waals surface area contributed by atoms with Gasteiger partial charge in [0.25, 0.3) is 0 Å². The Kier molecular flexibility index (Phi) is 5.24. The van der Waals surface area contributed by atoms with Crippen LogP contribution in [-0.4, -0.2) is 50.9 Å². The topological polar surface area (TPSA) is 75.4 Å². The van der Waals surface area contributed by atoms with E-state index in [0.717, 1.165) is 0 Å². The van der Waals surface area contributed by atoms with Crippen LogP contribution in [0, 0.1) is 11.8 Å². The normalized spacial score (nSPS) is 25.3. The van der Waals surface area contributed by atoms with Crippen molar-refractivity contribution in [2.24, 2.45) is 11.8 Å². The minimum atomic E-state index is -4.33. The van der Waals surface area contributed by atoms with E-state index >= 15 is 0 Å². The Morgan fingerprint density at radius 2 is 1.77 bits per heavy atom. The first-order chi connectivity index (χ1) is 12.3. The third kappa shape index (κ3) is 3.86. The van der Waals surface area contributed by atoms with Crippen molar-refractivity contribution in [3.63, 3.8) is 0 Å². The molecule has 1 N–H and O–H groups in total. The first-order valence-electron chi connectivity index (χ1n) is 8.90. The van der Waals surface area contributed by atoms with Crippen molar-refractivity contribution in [3.8, 4) is 0 Å². The Labute approximate surface area is 149 Å². The molecule has 2 heterocycles. The van der Waals surface area contributed by atoms with Crippen LogP contribution in [0.4, 0.5) is 13.2 Å². The van der Waals surface area contributed by atoms with Crippen molar-refractivity contribution >= 4 is 11.9 Å². The number of halogens is 3. The van der Waals surface area contributed by atoms with Gasteiger partial charge in [-0.05, 0) is 25.7 Å². The van der Waals surface area contributed by atoms with E-state index in [4.69, 9.17) is 5.11 Å². The number of carboxylic acid groups (broad SMARTS) is 1. The number of carbonyl (C=O) groups is 2. The number of carboxylic acids is 1. The highest BCUT2D eigenvalue weighted by Crippen LogP contribution is 2.42. The molecule has 6 nitrogen and oxygen atoms in total. The number of hydrogen-bond donors (Lipinski definition) is 1. The molecule has 1 amide bonds. The van der Waals surface area contributed by atoms with E-state index in [-0.39, 0.29) is 18.0 Å². The van der Waals surface area contributed by atoms with Gasteiger partial charge in [0.2, 0.25) is 5.91 Å². The summed E-state index contributed by atoms with van der Waals surface area (Å²) in [5.74, 6) is -3.95. The molecule has 2 atom stereocenters. The number of nitrogens with zero attached hydrogens (tertiary/aromatic N) is 3. The fourth-order valence-electron chi connectivity index (χ4n) is 4.05. The number of likely N-dealkylation sites (tertiary alicyclic amines) is 1. The van der Waals surface area contributed by atoms with Crippen molar-refractivity contribution < 1.29 is 27.9 Å². The number of hydrogen-bond acceptors (Lipinski definition) is 3. The van der Waals surface area contributed by atoms with Crippen LogP contribution in [0.25, 0.3) is 0 Å². The number of amides is 1. The Hall–Kier alpha value is -2.06. The predicted octanol–water partition coefficient (Wildman–Crippen LogP) is 3.11. The van der Waals surface area contributed by atoms with Crippen LogP contribution in [0.1, 0.15) is 54.9 Å². The van der Waals surface area contributed by atoms with Gasteiger partial charge in [0.15, 0.2) is 0 Å². The first-order valence-corrected chi connectivity index (χ1v) is 8.90. The number of aromatic carboxylic acids is 1. The fraction of sp³-hybridized carbons (Fsp3) is 0.706. The Balaban J connectivity index is 1.61. The van der Waals surface area contributed by atoms with Gasteiger partial charge in [0.1, 0.15) is 0 Å². The largest absolute Gasteiger partial charge is 0.478 e. The van der Waals surface area contributed by atoms with Crippen molar-refractivity contribution in [1.29, 1.82) is 0 Å². The van der Waals surface area contributed by atoms with Gasteiger partial charge in [0.05, 0.1) is 23.7 Å². The average Bonchev–Trinajstić information content (AvgIpc) is 3.11. The summed E-state index contributed by atoms with van der Waals surface area (Å²) in [5.41, 5.74) is 0.0960. The molecule has 144 valence electrons. The molecule has 2 aliphatic rings. The number of alkyl halides is 3. The number of aromatic nitrogens is 2. The molecule has 1 saturated carbocycles. The molecule has 1 aliphatic carbocycles. The smallest absolute Gasteiger partial charge is 0.392 e. The summed E-state index contributed by atoms with van der Waals surface area (Å²) in [5, 5.41) is 13.0. The minimum absolute atomic E-state index is 0.0294. The zero-order chi connectivity index (χ0) is 18.9. The highest BCUT2D eigenvalue weighted by atomic mass is 19.4. The molecule has 26 heavy (non-hydrogen) atoms. The van der Waals surface area contributed by atoms with Crippen LogP contribution in [0.15, 0.2) is 12.4 Å². The lowest BCUT2D eigenvalue weighted by molar-refractivity contribution is -0.201. The third-order valence-electron chi connectivity index (χ3n) is 5.50. The average molecular weight is 373 g/mol. The summed E-state index contributed by atoms with van der Waals surface area (Å²) < 4.78 is 41.3. The summed E-state index contributed by atoms with van der Waals surface area (Å²) in [4.78, 5) is 25.1. The lowest BCUT2D eigenvalue weighted by Crippen LogP contribution is -2.47. The van der Waals surface area contributed by atoms with Crippen molar-refractivity contribution in [2.45, 2.75) is 50.7 Å². The highest BCUT2D eigenvalue weighted by Gasteiger charge is 2.49. The van der Waals surface area contributed by atoms with Gasteiger partial charge in [-0.1, -0.05) is 12.8 Å². The van der Waals surface area contributed by atoms with Crippen LogP contribution in [0.2, 0.25) is 0 Å². The monoisotopic (exact) mass is 373 g/mol. The summed E-state index contributed by atoms with van der Waals surface area (Å²) in [7, 11) is 0. The maximum atomic E-state index is 13.2. The summed E-state index contributed by atoms with van der Waals surface area (Å²) >= 11 is 0. The van der Waals surface area contributed by atoms with E-state index < -0.39 is 29.9 Å². The summed E-state index contributed by atoms with van der Waals surface area (Å²) in [6.07, 6.45) is 0.992. The molecule has 1 aromatic heterocycles. The number of carbonyl (C=O) groups excluding carboxylic acids is 1. The third-order valence-corrected chi connectivity index (χ3v) is 5.50. The molecule has 0 bridgehead atoms. The molecule has 1 aliphatic heterocycles. The molecule has 2 fully saturated rings. The maximum Gasteiger partial charge on any atom is 0.392 e. The van der Waals surface area contributed by atoms with E-state index in [1.807, 2.05) is 0 Å². The highest BCUT2D eigenvalue weighted by molar-refractivity contribution is 5.86. The maximum absolute atomic E-state index is 13.2. The Morgan fingerprint density at radius 3 is 2.35 bits per heavy atom. The molecule has 2 unspecified atom stereocenters. The number of rotatable bonds is 3. The first kappa shape index (κ1) is 18.7. The van der Waals surface area contributed by atoms with Gasteiger partial charge in [-0.3, -0.25) is 9.48 Å². The second-order valence-electron chi connectivity index (χ2n) is 7.11. The zero-order valence-corrected chi connectivity index (χ0v) is 14.3. The Morgan fingerprint density at radius 1 is 1.12 bits per heavy atom. The van der Waals surface area contributed by atoms with Gasteiger partial charge >= 0.3 is 12.1 Å². The van der Waals surface area contributed by atoms with E-state index in [2.05, 4.69) is 5.10 Å². The molecule has 1 aromatic rings. The second kappa shape index (κ2) is 7.28. The molecular formula is C17H22F3N3O3. The molecule has 0 aromatic carbocycles. The van der Waals surface area contributed by atoms with E-state index in [9.17, 15) is 22.8 Å². The second-order valence-corrected chi connectivity index (χ2v) is 7.11. The lowest BCUT2D eigenvalue weighted by Gasteiger charge is -2.38. The lowest BCUT2D eigenvalue weighted by atomic mass is 9.77. The van der Waals surface area contributed by atoms with Crippen LogP contribution >= 0.6 is 0 Å². The van der Waals surface area contributed by atoms with Crippen molar-refractivity contribution in [3.05, 3.63) is 18.0 Å². The predicted molar refractivity (Wildman–Crippen MR) is 85.5 cm³/mol. The fourth-order valence-corrected chi connectivity index (χ4v) is 4.05. The van der Waals surface area contributed by atoms with E-state index in [1.165, 1.54) is 17.3 Å². The molecule has 0 spiro atoms. The molecule has 9 heteroatoms. The summed E-state index contributed by atoms with van der Waals surface area (Å²) in [6.45, 7) is 0.736. The van der Waals surface area contributed by atoms with Gasteiger partial charge in [-0.25, -0.2) is 4.79 Å². The Bertz CT molecular complexity index is 666. The van der Waals surface area contributed by atoms with Gasteiger partial charge in [-0.2, -0.15) is 18.3 Å². The molecule has 3 rings (SSSR count). The van der Waals surface area contributed by atoms with Crippen LogP contribution < -0.4 is 0 Å². The van der Waals surface area contributed by atoms with E-state index in [1.54, 1.807) is 4.68 Å². The quantitative estimate of drug-likeness (QED) is 0.883. The molecule has 0 radical (unpaired) electrons. The number of piperidine rings is 1. The standard InChI is InChI=1S/C17H22F3N3O3/c18-17(19,20)14-4-2-1-3-13(14)15(24)22-7-5-12(6-8-22)23-10-11(9-21-23)16(25)26/h9-10,12-14H,1-8H2,(H,25,26). The molecule has 1 saturated heterocycles. The van der Waals surface area contributed by atoms with Crippen LogP contribution in [0.3, 0.4) is 0 Å². The zero-order valence-electron chi connectivity index (χ0n) is 14.3. The van der Waals surface area contributed by atoms with Gasteiger partial charge in [0, 0.05) is 25.2 Å². The van der Waals surface area contributed by atoms with Crippen molar-refractivity contribution in [1.82, 2.24) is 14.7 Å². The van der Waals surface area contributed by atoms with Crippen LogP contribution in [-0.2, 0) is 4.79 Å². The van der Waals surface area contributed by atoms with Gasteiger partial charge < -0.3 is 10.0 Å². The minimum Gasteiger partial charge on any atom is -0.478 e. The van der Waals surface area contributed by atoms with Gasteiger partial charge in [-0.15, -0.1) is 0 Å². The summed E-state index contributed by atoms with van der Waals surface area (Å²) in [6, 6.07) is -0.0445. The van der Waals surface area contributed by atoms with Crippen molar-refractivity contribution in [2.75, 3.05) is 13.1 Å². The van der Waals surface area contributed by atoms with Crippen LogP contribution in [0.5, 0.6) is 0 Å². The molecular weight excluding hydrogens is 351 g/mol. The van der Waals surface area contributed by atoms with E-state index in [0.29, 0.717) is 45.2 Å². The SMILES string of the molecule is O=C(O)c1cnn(C2CCN(C(=O)C3CCCCC3C(F)(F)F)CC2)c1.